The van der Waals surface area contributed by atoms with Crippen LogP contribution in [-0.2, 0) is 0 Å². The van der Waals surface area contributed by atoms with Crippen LogP contribution in [0.25, 0.3) is 0 Å². The van der Waals surface area contributed by atoms with Gasteiger partial charge in [-0.1, -0.05) is 0 Å². The van der Waals surface area contributed by atoms with E-state index in [4.69, 9.17) is 9.68 Å². The molecule has 2 rings (SSSR count). The number of nitro groups is 2. The van der Waals surface area contributed by atoms with Gasteiger partial charge in [0.15, 0.2) is 0 Å². The molecule has 1 heterocycles. The molecule has 0 aromatic heterocycles. The van der Waals surface area contributed by atoms with Gasteiger partial charge < -0.3 is 15.5 Å². The quantitative estimate of drug-likeness (QED) is 0.251. The van der Waals surface area contributed by atoms with Crippen LogP contribution in [0.2, 0.25) is 0 Å². The second kappa shape index (κ2) is 9.45. The van der Waals surface area contributed by atoms with Crippen molar-refractivity contribution in [3.63, 3.8) is 0 Å². The van der Waals surface area contributed by atoms with Crippen molar-refractivity contribution < 1.29 is 34.6 Å². The molecule has 0 saturated carbocycles. The van der Waals surface area contributed by atoms with Gasteiger partial charge in [0.2, 0.25) is 22.1 Å². The Kier molecular flexibility index (Phi) is 7.02. The summed E-state index contributed by atoms with van der Waals surface area (Å²) in [5, 5.41) is 63.6. The Labute approximate surface area is 167 Å². The maximum Gasteiger partial charge on any atom is 0.321 e. The predicted octanol–water partition coefficient (Wildman–Crippen LogP) is 0.864. The normalized spacial score (nSPS) is 17.0. The number of hydrogen-bond acceptors (Lipinski definition) is 11. The van der Waals surface area contributed by atoms with E-state index in [1.54, 1.807) is 0 Å². The Bertz CT molecular complexity index is 874. The minimum atomic E-state index is -0.987. The standard InChI is InChI=1S/C13H18N8O9/c1-16(2)20(27)14-29-12-7-13(11(19(25)26)6-10(12)18(23)24)30-15-21(28)17-5-3-4-9(17)8-22/h6-7,9,22H,3-5,8H2,1-2H3/b20-14-,21-15-/t9-/m0/s1. The Hall–Kier alpha value is -4.02. The first-order valence-corrected chi connectivity index (χ1v) is 8.37. The summed E-state index contributed by atoms with van der Waals surface area (Å²) in [5.74, 6) is -1.33. The van der Waals surface area contributed by atoms with Crippen molar-refractivity contribution in [1.82, 2.24) is 10.0 Å². The Morgan fingerprint density at radius 1 is 1.10 bits per heavy atom. The molecule has 1 atom stereocenters. The summed E-state index contributed by atoms with van der Waals surface area (Å²) in [6.45, 7) is -0.0238. The lowest BCUT2D eigenvalue weighted by atomic mass is 10.2. The lowest BCUT2D eigenvalue weighted by molar-refractivity contribution is -0.711. The van der Waals surface area contributed by atoms with Gasteiger partial charge in [0, 0.05) is 6.07 Å². The number of nitrogens with zero attached hydrogens (tertiary/aromatic N) is 8. The minimum Gasteiger partial charge on any atom is -0.569 e. The Balaban J connectivity index is 2.40. The molecular weight excluding hydrogens is 412 g/mol. The summed E-state index contributed by atoms with van der Waals surface area (Å²) in [6.07, 6.45) is 1.16. The summed E-state index contributed by atoms with van der Waals surface area (Å²) < 4.78 is 0. The van der Waals surface area contributed by atoms with E-state index in [2.05, 4.69) is 10.6 Å². The monoisotopic (exact) mass is 430 g/mol. The molecule has 0 spiro atoms. The van der Waals surface area contributed by atoms with Crippen molar-refractivity contribution in [2.45, 2.75) is 18.9 Å². The number of benzene rings is 1. The van der Waals surface area contributed by atoms with Crippen LogP contribution in [0.5, 0.6) is 11.5 Å². The van der Waals surface area contributed by atoms with E-state index in [0.29, 0.717) is 25.0 Å². The highest BCUT2D eigenvalue weighted by atomic mass is 16.7. The van der Waals surface area contributed by atoms with Gasteiger partial charge in [0.25, 0.3) is 0 Å². The predicted molar refractivity (Wildman–Crippen MR) is 93.6 cm³/mol. The maximum absolute atomic E-state index is 12.1. The number of hydrogen-bond donors (Lipinski definition) is 1. The largest absolute Gasteiger partial charge is 0.569 e. The van der Waals surface area contributed by atoms with E-state index in [-0.39, 0.29) is 23.1 Å². The van der Waals surface area contributed by atoms with E-state index in [1.165, 1.54) is 14.1 Å². The first-order chi connectivity index (χ1) is 14.1. The number of hydrazine groups is 2. The molecule has 1 aromatic carbocycles. The summed E-state index contributed by atoms with van der Waals surface area (Å²) in [6, 6.07) is 0.726. The third-order valence-electron chi connectivity index (χ3n) is 3.97. The number of aliphatic hydroxyl groups excluding tert-OH is 1. The zero-order valence-electron chi connectivity index (χ0n) is 15.9. The maximum atomic E-state index is 12.1. The van der Waals surface area contributed by atoms with Crippen molar-refractivity contribution in [2.75, 3.05) is 27.2 Å². The zero-order valence-corrected chi connectivity index (χ0v) is 15.9. The van der Waals surface area contributed by atoms with Crippen molar-refractivity contribution in [3.05, 3.63) is 42.8 Å². The molecule has 1 fully saturated rings. The number of rotatable bonds is 9. The average Bonchev–Trinajstić information content (AvgIpc) is 3.18. The lowest BCUT2D eigenvalue weighted by Gasteiger charge is -2.17. The topological polar surface area (TPSA) is 208 Å². The summed E-state index contributed by atoms with van der Waals surface area (Å²) in [7, 11) is 2.64. The molecular formula is C13H18N8O9. The third kappa shape index (κ3) is 5.07. The van der Waals surface area contributed by atoms with Crippen molar-refractivity contribution >= 4 is 11.4 Å². The van der Waals surface area contributed by atoms with Crippen LogP contribution in [0.3, 0.4) is 0 Å². The molecule has 0 unspecified atom stereocenters. The van der Waals surface area contributed by atoms with Crippen molar-refractivity contribution in [1.29, 1.82) is 0 Å². The highest BCUT2D eigenvalue weighted by Gasteiger charge is 2.32. The van der Waals surface area contributed by atoms with Gasteiger partial charge in [-0.15, -0.1) is 5.01 Å². The molecule has 164 valence electrons. The first-order valence-electron chi connectivity index (χ1n) is 8.37. The molecule has 0 bridgehead atoms. The van der Waals surface area contributed by atoms with Gasteiger partial charge in [-0.25, -0.2) is 0 Å². The van der Waals surface area contributed by atoms with Crippen molar-refractivity contribution in [3.8, 4) is 11.5 Å². The van der Waals surface area contributed by atoms with Gasteiger partial charge in [0.1, 0.15) is 12.1 Å². The number of nitro benzene ring substituents is 2. The molecule has 1 aromatic rings. The van der Waals surface area contributed by atoms with Gasteiger partial charge >= 0.3 is 11.4 Å². The van der Waals surface area contributed by atoms with Crippen LogP contribution in [-0.4, -0.2) is 68.2 Å². The van der Waals surface area contributed by atoms with Gasteiger partial charge in [-0.2, -0.15) is 5.01 Å². The van der Waals surface area contributed by atoms with E-state index < -0.39 is 38.8 Å². The fourth-order valence-corrected chi connectivity index (χ4v) is 2.48. The van der Waals surface area contributed by atoms with Crippen LogP contribution < -0.4 is 9.68 Å². The van der Waals surface area contributed by atoms with Crippen LogP contribution in [0.1, 0.15) is 12.8 Å². The summed E-state index contributed by atoms with van der Waals surface area (Å²) in [5.41, 5.74) is -1.75. The molecule has 0 aliphatic carbocycles. The smallest absolute Gasteiger partial charge is 0.321 e. The molecule has 17 nitrogen and oxygen atoms in total. The van der Waals surface area contributed by atoms with Crippen LogP contribution in [0, 0.1) is 30.6 Å². The Morgan fingerprint density at radius 3 is 2.17 bits per heavy atom. The Morgan fingerprint density at radius 2 is 1.67 bits per heavy atom. The lowest BCUT2D eigenvalue weighted by Crippen LogP contribution is -2.37. The minimum absolute atomic E-state index is 0.0232. The van der Waals surface area contributed by atoms with Gasteiger partial charge in [0.05, 0.1) is 47.0 Å². The summed E-state index contributed by atoms with van der Waals surface area (Å²) >= 11 is 0. The molecule has 17 heteroatoms. The zero-order chi connectivity index (χ0) is 22.4. The first kappa shape index (κ1) is 22.3. The fourth-order valence-electron chi connectivity index (χ4n) is 2.48. The van der Waals surface area contributed by atoms with E-state index in [0.717, 1.165) is 10.0 Å². The highest BCUT2D eigenvalue weighted by Crippen LogP contribution is 2.39. The van der Waals surface area contributed by atoms with Crippen LogP contribution in [0.15, 0.2) is 22.7 Å². The van der Waals surface area contributed by atoms with E-state index in [9.17, 15) is 35.7 Å². The van der Waals surface area contributed by atoms with Crippen LogP contribution in [0.4, 0.5) is 11.4 Å². The molecule has 1 saturated heterocycles. The average molecular weight is 430 g/mol. The molecule has 1 N–H and O–H groups in total. The van der Waals surface area contributed by atoms with Crippen molar-refractivity contribution in [2.24, 2.45) is 10.6 Å². The second-order valence-corrected chi connectivity index (χ2v) is 6.14. The fraction of sp³-hybridized carbons (Fsp3) is 0.538. The highest BCUT2D eigenvalue weighted by molar-refractivity contribution is 5.61. The molecule has 0 amide bonds. The molecule has 1 aliphatic rings. The second-order valence-electron chi connectivity index (χ2n) is 6.14. The van der Waals surface area contributed by atoms with Crippen LogP contribution >= 0.6 is 0 Å². The molecule has 1 aliphatic heterocycles. The van der Waals surface area contributed by atoms with E-state index >= 15 is 0 Å². The van der Waals surface area contributed by atoms with E-state index in [1.807, 2.05) is 0 Å². The third-order valence-corrected chi connectivity index (χ3v) is 3.97. The van der Waals surface area contributed by atoms with Gasteiger partial charge in [-0.3, -0.25) is 29.9 Å². The SMILES string of the molecule is CN(C)/[N+]([O-])=N/Oc1cc(O/N=[N+](\[O-])N2CCC[C@H]2CO)c([N+](=O)[O-])cc1[N+](=O)[O-]. The van der Waals surface area contributed by atoms with Gasteiger partial charge in [-0.05, 0) is 12.8 Å². The number of aliphatic hydroxyl groups is 1. The summed E-state index contributed by atoms with van der Waals surface area (Å²) in [4.78, 5) is 30.0. The molecule has 0 radical (unpaired) electrons. The molecule has 30 heavy (non-hydrogen) atoms.